The van der Waals surface area contributed by atoms with Crippen LogP contribution in [0.1, 0.15) is 12.0 Å². The number of nitrogens with zero attached hydrogens (tertiary/aromatic N) is 1. The molecular formula is C13H17NO4. The summed E-state index contributed by atoms with van der Waals surface area (Å²) >= 11 is 0. The summed E-state index contributed by atoms with van der Waals surface area (Å²) in [7, 11) is 1.67. The highest BCUT2D eigenvalue weighted by Gasteiger charge is 2.44. The fourth-order valence-electron chi connectivity index (χ4n) is 2.39. The SMILES string of the molecule is CO[C@@H]1C[C@H](OCc2cccnc2)[C@H]2CO[C@@H]1O2. The Morgan fingerprint density at radius 1 is 1.44 bits per heavy atom. The topological polar surface area (TPSA) is 49.8 Å². The second kappa shape index (κ2) is 5.32. The summed E-state index contributed by atoms with van der Waals surface area (Å²) in [6, 6.07) is 3.90. The molecule has 18 heavy (non-hydrogen) atoms. The summed E-state index contributed by atoms with van der Waals surface area (Å²) < 4.78 is 22.5. The van der Waals surface area contributed by atoms with Crippen molar-refractivity contribution in [3.8, 4) is 0 Å². The Morgan fingerprint density at radius 2 is 2.39 bits per heavy atom. The predicted molar refractivity (Wildman–Crippen MR) is 62.8 cm³/mol. The molecule has 1 aromatic heterocycles. The maximum atomic E-state index is 5.91. The standard InChI is InChI=1S/C13H17NO4/c1-15-11-5-10(12-8-17-13(11)18-12)16-7-9-3-2-4-14-6-9/h2-4,6,10-13H,5,7-8H2,1H3/t10-,11+,12+,13+/m0/s1. The van der Waals surface area contributed by atoms with E-state index < -0.39 is 0 Å². The van der Waals surface area contributed by atoms with E-state index >= 15 is 0 Å². The van der Waals surface area contributed by atoms with Gasteiger partial charge in [0, 0.05) is 25.9 Å². The van der Waals surface area contributed by atoms with E-state index in [1.165, 1.54) is 0 Å². The average molecular weight is 251 g/mol. The molecule has 2 aliphatic heterocycles. The normalized spacial score (nSPS) is 34.7. The molecule has 0 saturated carbocycles. The van der Waals surface area contributed by atoms with Gasteiger partial charge in [-0.05, 0) is 11.6 Å². The Kier molecular flexibility index (Phi) is 3.56. The van der Waals surface area contributed by atoms with Gasteiger partial charge in [0.25, 0.3) is 0 Å². The third-order valence-corrected chi connectivity index (χ3v) is 3.41. The van der Waals surface area contributed by atoms with Crippen LogP contribution in [0.4, 0.5) is 0 Å². The number of methoxy groups -OCH3 is 1. The van der Waals surface area contributed by atoms with Crippen LogP contribution in [0.2, 0.25) is 0 Å². The number of aromatic nitrogens is 1. The largest absolute Gasteiger partial charge is 0.376 e. The maximum Gasteiger partial charge on any atom is 0.184 e. The zero-order valence-electron chi connectivity index (χ0n) is 10.3. The minimum atomic E-state index is -0.224. The van der Waals surface area contributed by atoms with Gasteiger partial charge in [-0.15, -0.1) is 0 Å². The number of fused-ring (bicyclic) bond motifs is 2. The van der Waals surface area contributed by atoms with Crippen molar-refractivity contribution >= 4 is 0 Å². The summed E-state index contributed by atoms with van der Waals surface area (Å²) in [6.45, 7) is 1.13. The third kappa shape index (κ3) is 2.40. The second-order valence-corrected chi connectivity index (χ2v) is 4.60. The summed E-state index contributed by atoms with van der Waals surface area (Å²) in [6.07, 6.45) is 4.16. The molecule has 4 atom stereocenters. The lowest BCUT2D eigenvalue weighted by molar-refractivity contribution is -0.200. The number of ether oxygens (including phenoxy) is 4. The number of hydrogen-bond acceptors (Lipinski definition) is 5. The monoisotopic (exact) mass is 251 g/mol. The Balaban J connectivity index is 1.59. The summed E-state index contributed by atoms with van der Waals surface area (Å²) in [5.74, 6) is 0. The van der Waals surface area contributed by atoms with E-state index in [0.29, 0.717) is 13.2 Å². The van der Waals surface area contributed by atoms with Gasteiger partial charge < -0.3 is 18.9 Å². The highest BCUT2D eigenvalue weighted by atomic mass is 16.7. The molecule has 0 radical (unpaired) electrons. The zero-order valence-corrected chi connectivity index (χ0v) is 10.3. The van der Waals surface area contributed by atoms with E-state index in [0.717, 1.165) is 12.0 Å². The van der Waals surface area contributed by atoms with Gasteiger partial charge >= 0.3 is 0 Å². The van der Waals surface area contributed by atoms with Crippen LogP contribution in [0.15, 0.2) is 24.5 Å². The highest BCUT2D eigenvalue weighted by molar-refractivity contribution is 5.07. The van der Waals surface area contributed by atoms with E-state index in [9.17, 15) is 0 Å². The van der Waals surface area contributed by atoms with Crippen LogP contribution in [-0.4, -0.2) is 43.3 Å². The molecule has 5 heteroatoms. The highest BCUT2D eigenvalue weighted by Crippen LogP contribution is 2.31. The van der Waals surface area contributed by atoms with Crippen molar-refractivity contribution in [3.63, 3.8) is 0 Å². The molecule has 3 heterocycles. The van der Waals surface area contributed by atoms with Crippen molar-refractivity contribution in [3.05, 3.63) is 30.1 Å². The first-order valence-electron chi connectivity index (χ1n) is 6.17. The Bertz CT molecular complexity index is 386. The van der Waals surface area contributed by atoms with Crippen molar-refractivity contribution in [1.29, 1.82) is 0 Å². The van der Waals surface area contributed by atoms with Gasteiger partial charge in [-0.25, -0.2) is 0 Å². The summed E-state index contributed by atoms with van der Waals surface area (Å²) in [5.41, 5.74) is 1.06. The molecular weight excluding hydrogens is 234 g/mol. The molecule has 2 saturated heterocycles. The lowest BCUT2D eigenvalue weighted by Crippen LogP contribution is -2.44. The smallest absolute Gasteiger partial charge is 0.184 e. The van der Waals surface area contributed by atoms with Crippen LogP contribution >= 0.6 is 0 Å². The van der Waals surface area contributed by atoms with Crippen molar-refractivity contribution in [2.45, 2.75) is 37.6 Å². The van der Waals surface area contributed by atoms with Gasteiger partial charge in [0.15, 0.2) is 6.29 Å². The minimum Gasteiger partial charge on any atom is -0.376 e. The Labute approximate surface area is 106 Å². The molecule has 3 rings (SSSR count). The van der Waals surface area contributed by atoms with Gasteiger partial charge in [0.1, 0.15) is 12.2 Å². The molecule has 5 nitrogen and oxygen atoms in total. The molecule has 0 spiro atoms. The maximum absolute atomic E-state index is 5.91. The van der Waals surface area contributed by atoms with Crippen LogP contribution < -0.4 is 0 Å². The van der Waals surface area contributed by atoms with E-state index in [1.807, 2.05) is 18.3 Å². The molecule has 0 N–H and O–H groups in total. The van der Waals surface area contributed by atoms with Crippen LogP contribution in [0.5, 0.6) is 0 Å². The first-order chi connectivity index (χ1) is 8.86. The van der Waals surface area contributed by atoms with E-state index in [4.69, 9.17) is 18.9 Å². The quantitative estimate of drug-likeness (QED) is 0.802. The molecule has 98 valence electrons. The first-order valence-corrected chi connectivity index (χ1v) is 6.17. The molecule has 0 amide bonds. The van der Waals surface area contributed by atoms with Crippen LogP contribution in [0, 0.1) is 0 Å². The Hall–Kier alpha value is -1.01. The fourth-order valence-corrected chi connectivity index (χ4v) is 2.39. The molecule has 2 fully saturated rings. The van der Waals surface area contributed by atoms with E-state index in [-0.39, 0.29) is 24.6 Å². The van der Waals surface area contributed by atoms with Crippen molar-refractivity contribution in [1.82, 2.24) is 4.98 Å². The molecule has 0 unspecified atom stereocenters. The lowest BCUT2D eigenvalue weighted by Gasteiger charge is -2.32. The minimum absolute atomic E-state index is 0.0221. The molecule has 0 aliphatic carbocycles. The first kappa shape index (κ1) is 12.0. The van der Waals surface area contributed by atoms with Gasteiger partial charge in [-0.2, -0.15) is 0 Å². The second-order valence-electron chi connectivity index (χ2n) is 4.60. The van der Waals surface area contributed by atoms with Crippen molar-refractivity contribution < 1.29 is 18.9 Å². The third-order valence-electron chi connectivity index (χ3n) is 3.41. The molecule has 2 bridgehead atoms. The Morgan fingerprint density at radius 3 is 3.17 bits per heavy atom. The number of rotatable bonds is 4. The van der Waals surface area contributed by atoms with Gasteiger partial charge in [-0.1, -0.05) is 6.07 Å². The van der Waals surface area contributed by atoms with Crippen LogP contribution in [-0.2, 0) is 25.6 Å². The van der Waals surface area contributed by atoms with Gasteiger partial charge in [0.05, 0.1) is 19.3 Å². The number of pyridine rings is 1. The van der Waals surface area contributed by atoms with Crippen molar-refractivity contribution in [2.75, 3.05) is 13.7 Å². The predicted octanol–water partition coefficient (Wildman–Crippen LogP) is 1.13. The van der Waals surface area contributed by atoms with Crippen LogP contribution in [0.25, 0.3) is 0 Å². The van der Waals surface area contributed by atoms with E-state index in [2.05, 4.69) is 4.98 Å². The zero-order chi connectivity index (χ0) is 12.4. The number of hydrogen-bond donors (Lipinski definition) is 0. The molecule has 0 aromatic carbocycles. The van der Waals surface area contributed by atoms with E-state index in [1.54, 1.807) is 13.3 Å². The summed E-state index contributed by atoms with van der Waals surface area (Å²) in [4.78, 5) is 4.07. The van der Waals surface area contributed by atoms with Crippen LogP contribution in [0.3, 0.4) is 0 Å². The van der Waals surface area contributed by atoms with Gasteiger partial charge in [0.2, 0.25) is 0 Å². The van der Waals surface area contributed by atoms with Crippen molar-refractivity contribution in [2.24, 2.45) is 0 Å². The molecule has 2 aliphatic rings. The fraction of sp³-hybridized carbons (Fsp3) is 0.615. The average Bonchev–Trinajstić information content (AvgIpc) is 2.84. The molecule has 1 aromatic rings. The van der Waals surface area contributed by atoms with Gasteiger partial charge in [-0.3, -0.25) is 4.98 Å². The summed E-state index contributed by atoms with van der Waals surface area (Å²) in [5, 5.41) is 0. The lowest BCUT2D eigenvalue weighted by atomic mass is 10.0.